The van der Waals surface area contributed by atoms with Crippen LogP contribution in [-0.2, 0) is 14.3 Å². The lowest BCUT2D eigenvalue weighted by molar-refractivity contribution is -0.139. The van der Waals surface area contributed by atoms with Crippen LogP contribution in [0.25, 0.3) is 0 Å². The largest absolute Gasteiger partial charge is 0.375 e. The number of ether oxygens (including phenoxy) is 1. The summed E-state index contributed by atoms with van der Waals surface area (Å²) in [6.45, 7) is 5.54. The van der Waals surface area contributed by atoms with Crippen LogP contribution in [0.1, 0.15) is 19.5 Å². The molecule has 0 aromatic carbocycles. The zero-order valence-corrected chi connectivity index (χ0v) is 12.4. The fourth-order valence-electron chi connectivity index (χ4n) is 1.49. The highest BCUT2D eigenvalue weighted by Gasteiger charge is 2.20. The average Bonchev–Trinajstić information content (AvgIpc) is 2.71. The van der Waals surface area contributed by atoms with Crippen LogP contribution in [0.5, 0.6) is 0 Å². The van der Waals surface area contributed by atoms with Gasteiger partial charge >= 0.3 is 0 Å². The van der Waals surface area contributed by atoms with Gasteiger partial charge in [-0.3, -0.25) is 9.59 Å². The summed E-state index contributed by atoms with van der Waals surface area (Å²) in [6.07, 6.45) is 0. The van der Waals surface area contributed by atoms with Crippen LogP contribution < -0.4 is 5.32 Å². The molecule has 0 atom stereocenters. The number of methoxy groups -OCH3 is 1. The van der Waals surface area contributed by atoms with Crippen LogP contribution in [0.2, 0.25) is 0 Å². The number of nitrogens with zero attached hydrogens (tertiary/aromatic N) is 2. The Balaban J connectivity index is 2.59. The lowest BCUT2D eigenvalue weighted by atomic mass is 10.3. The minimum absolute atomic E-state index is 0.00150. The number of rotatable bonds is 6. The summed E-state index contributed by atoms with van der Waals surface area (Å²) in [7, 11) is 1.45. The summed E-state index contributed by atoms with van der Waals surface area (Å²) in [4.78, 5) is 29.3. The van der Waals surface area contributed by atoms with E-state index >= 15 is 0 Å². The number of hydrogen-bond donors (Lipinski definition) is 1. The summed E-state index contributed by atoms with van der Waals surface area (Å²) >= 11 is 1.36. The lowest BCUT2D eigenvalue weighted by Crippen LogP contribution is -2.44. The van der Waals surface area contributed by atoms with E-state index in [4.69, 9.17) is 4.74 Å². The maximum absolute atomic E-state index is 11.9. The molecule has 0 unspecified atom stereocenters. The molecule has 2 amide bonds. The van der Waals surface area contributed by atoms with Crippen molar-refractivity contribution >= 4 is 28.3 Å². The molecule has 1 N–H and O–H groups in total. The van der Waals surface area contributed by atoms with Crippen molar-refractivity contribution in [2.24, 2.45) is 0 Å². The van der Waals surface area contributed by atoms with Crippen LogP contribution in [-0.4, -0.2) is 48.0 Å². The molecule has 0 spiro atoms. The molecule has 1 heterocycles. The highest BCUT2D eigenvalue weighted by molar-refractivity contribution is 7.13. The van der Waals surface area contributed by atoms with Crippen molar-refractivity contribution in [3.8, 4) is 0 Å². The summed E-state index contributed by atoms with van der Waals surface area (Å²) in [5, 5.41) is 5.08. The molecule has 0 aliphatic heterocycles. The first-order chi connectivity index (χ1) is 8.93. The van der Waals surface area contributed by atoms with Crippen molar-refractivity contribution in [1.29, 1.82) is 0 Å². The molecule has 0 bridgehead atoms. The Labute approximate surface area is 116 Å². The van der Waals surface area contributed by atoms with Gasteiger partial charge in [0.2, 0.25) is 11.8 Å². The first-order valence-corrected chi connectivity index (χ1v) is 6.82. The van der Waals surface area contributed by atoms with Gasteiger partial charge in [-0.15, -0.1) is 11.3 Å². The molecule has 6 nitrogen and oxygen atoms in total. The van der Waals surface area contributed by atoms with Gasteiger partial charge in [0.1, 0.15) is 13.2 Å². The van der Waals surface area contributed by atoms with Crippen molar-refractivity contribution < 1.29 is 14.3 Å². The smallest absolute Gasteiger partial charge is 0.249 e. The minimum Gasteiger partial charge on any atom is -0.375 e. The normalized spacial score (nSPS) is 10.6. The number of nitrogens with one attached hydrogen (secondary N) is 1. The number of amides is 2. The third kappa shape index (κ3) is 4.96. The Morgan fingerprint density at radius 3 is 2.68 bits per heavy atom. The van der Waals surface area contributed by atoms with E-state index in [1.54, 1.807) is 0 Å². The summed E-state index contributed by atoms with van der Waals surface area (Å²) in [6, 6.07) is -0.0635. The van der Waals surface area contributed by atoms with E-state index in [0.29, 0.717) is 5.13 Å². The molecule has 0 radical (unpaired) electrons. The van der Waals surface area contributed by atoms with E-state index < -0.39 is 0 Å². The molecule has 7 heteroatoms. The maximum atomic E-state index is 11.9. The summed E-state index contributed by atoms with van der Waals surface area (Å²) in [5.74, 6) is -0.463. The fraction of sp³-hybridized carbons (Fsp3) is 0.583. The molecule has 19 heavy (non-hydrogen) atoms. The monoisotopic (exact) mass is 285 g/mol. The van der Waals surface area contributed by atoms with Gasteiger partial charge in [0.05, 0.1) is 5.69 Å². The van der Waals surface area contributed by atoms with E-state index in [1.807, 2.05) is 26.2 Å². The molecule has 106 valence electrons. The van der Waals surface area contributed by atoms with Crippen molar-refractivity contribution in [2.75, 3.05) is 25.6 Å². The minimum atomic E-state index is -0.257. The SMILES string of the molecule is COCC(=O)N(CC(=O)Nc1nc(C)cs1)C(C)C. The number of carbonyl (C=O) groups excluding carboxylic acids is 2. The maximum Gasteiger partial charge on any atom is 0.249 e. The number of hydrogen-bond acceptors (Lipinski definition) is 5. The zero-order valence-electron chi connectivity index (χ0n) is 11.6. The number of aromatic nitrogens is 1. The number of thiazole rings is 1. The van der Waals surface area contributed by atoms with Crippen LogP contribution >= 0.6 is 11.3 Å². The average molecular weight is 285 g/mol. The lowest BCUT2D eigenvalue weighted by Gasteiger charge is -2.25. The van der Waals surface area contributed by atoms with Crippen LogP contribution in [0.15, 0.2) is 5.38 Å². The van der Waals surface area contributed by atoms with Crippen molar-refractivity contribution in [2.45, 2.75) is 26.8 Å². The number of carbonyl (C=O) groups is 2. The predicted octanol–water partition coefficient (Wildman–Crippen LogP) is 1.27. The highest BCUT2D eigenvalue weighted by atomic mass is 32.1. The van der Waals surface area contributed by atoms with Gasteiger partial charge in [0.15, 0.2) is 5.13 Å². The number of aryl methyl sites for hydroxylation is 1. The van der Waals surface area contributed by atoms with E-state index in [1.165, 1.54) is 23.3 Å². The van der Waals surface area contributed by atoms with Crippen LogP contribution in [0.3, 0.4) is 0 Å². The highest BCUT2D eigenvalue weighted by Crippen LogP contribution is 2.14. The Kier molecular flexibility index (Phi) is 5.91. The summed E-state index contributed by atoms with van der Waals surface area (Å²) in [5.41, 5.74) is 0.858. The molecule has 0 saturated carbocycles. The molecule has 0 aliphatic rings. The molecule has 0 saturated heterocycles. The Morgan fingerprint density at radius 2 is 2.21 bits per heavy atom. The van der Waals surface area contributed by atoms with Gasteiger partial charge in [-0.2, -0.15) is 0 Å². The molecular weight excluding hydrogens is 266 g/mol. The van der Waals surface area contributed by atoms with Gasteiger partial charge in [0.25, 0.3) is 0 Å². The van der Waals surface area contributed by atoms with Crippen LogP contribution in [0.4, 0.5) is 5.13 Å². The van der Waals surface area contributed by atoms with E-state index in [0.717, 1.165) is 5.69 Å². The number of anilines is 1. The molecule has 0 aliphatic carbocycles. The quantitative estimate of drug-likeness (QED) is 0.854. The van der Waals surface area contributed by atoms with Crippen molar-refractivity contribution in [3.05, 3.63) is 11.1 Å². The Morgan fingerprint density at radius 1 is 1.53 bits per heavy atom. The van der Waals surface area contributed by atoms with Crippen molar-refractivity contribution in [1.82, 2.24) is 9.88 Å². The second-order valence-corrected chi connectivity index (χ2v) is 5.25. The first-order valence-electron chi connectivity index (χ1n) is 5.94. The van der Waals surface area contributed by atoms with Gasteiger partial charge in [0, 0.05) is 18.5 Å². The fourth-order valence-corrected chi connectivity index (χ4v) is 2.19. The Hall–Kier alpha value is -1.47. The van der Waals surface area contributed by atoms with E-state index in [2.05, 4.69) is 10.3 Å². The molecule has 1 aromatic heterocycles. The van der Waals surface area contributed by atoms with Crippen molar-refractivity contribution in [3.63, 3.8) is 0 Å². The summed E-state index contributed by atoms with van der Waals surface area (Å²) < 4.78 is 4.80. The van der Waals surface area contributed by atoms with Gasteiger partial charge in [-0.05, 0) is 20.8 Å². The van der Waals surface area contributed by atoms with Gasteiger partial charge in [-0.25, -0.2) is 4.98 Å². The molecule has 1 rings (SSSR count). The topological polar surface area (TPSA) is 71.5 Å². The third-order valence-electron chi connectivity index (χ3n) is 2.39. The third-order valence-corrected chi connectivity index (χ3v) is 3.27. The Bertz CT molecular complexity index is 445. The second-order valence-electron chi connectivity index (χ2n) is 4.39. The van der Waals surface area contributed by atoms with Gasteiger partial charge < -0.3 is 15.0 Å². The standard InChI is InChI=1S/C12H19N3O3S/c1-8(2)15(11(17)6-18-4)5-10(16)14-12-13-9(3)7-19-12/h7-8H,5-6H2,1-4H3,(H,13,14,16). The predicted molar refractivity (Wildman–Crippen MR) is 74.2 cm³/mol. The molecular formula is C12H19N3O3S. The molecule has 0 fully saturated rings. The molecule has 1 aromatic rings. The second kappa shape index (κ2) is 7.20. The van der Waals surface area contributed by atoms with E-state index in [-0.39, 0.29) is 31.0 Å². The van der Waals surface area contributed by atoms with E-state index in [9.17, 15) is 9.59 Å². The zero-order chi connectivity index (χ0) is 14.4. The van der Waals surface area contributed by atoms with Gasteiger partial charge in [-0.1, -0.05) is 0 Å². The van der Waals surface area contributed by atoms with Crippen LogP contribution in [0, 0.1) is 6.92 Å². The first kappa shape index (κ1) is 15.6.